The summed E-state index contributed by atoms with van der Waals surface area (Å²) in [5.74, 6) is -0.601. The van der Waals surface area contributed by atoms with Crippen LogP contribution in [0.3, 0.4) is 0 Å². The number of benzene rings is 1. The summed E-state index contributed by atoms with van der Waals surface area (Å²) in [7, 11) is 2.61. The van der Waals surface area contributed by atoms with Crippen molar-refractivity contribution >= 4 is 89.9 Å². The molecule has 1 saturated heterocycles. The molecule has 0 aliphatic carbocycles. The van der Waals surface area contributed by atoms with Crippen molar-refractivity contribution in [2.75, 3.05) is 44.3 Å². The fourth-order valence-corrected chi connectivity index (χ4v) is 11.1. The van der Waals surface area contributed by atoms with E-state index >= 15 is 0 Å². The summed E-state index contributed by atoms with van der Waals surface area (Å²) >= 11 is 10.5. The number of carbonyl (C=O) groups excluding carboxylic acids is 2. The summed E-state index contributed by atoms with van der Waals surface area (Å²) in [6, 6.07) is 6.86. The van der Waals surface area contributed by atoms with E-state index in [4.69, 9.17) is 17.0 Å². The molecule has 0 bridgehead atoms. The maximum Gasteiger partial charge on any atom is 0.267 e. The van der Waals surface area contributed by atoms with Crippen molar-refractivity contribution in [3.8, 4) is 0 Å². The van der Waals surface area contributed by atoms with Gasteiger partial charge in [-0.1, -0.05) is 70.0 Å². The molecule has 0 N–H and O–H groups in total. The molecular formula is C22H17N3O4S6. The number of fused-ring (bicyclic) bond motifs is 2. The number of hydrogen-bond acceptors (Lipinski definition) is 12. The van der Waals surface area contributed by atoms with Gasteiger partial charge in [0.1, 0.15) is 14.1 Å². The Labute approximate surface area is 226 Å². The van der Waals surface area contributed by atoms with Gasteiger partial charge < -0.3 is 14.5 Å². The highest BCUT2D eigenvalue weighted by Gasteiger charge is 2.38. The van der Waals surface area contributed by atoms with Crippen molar-refractivity contribution in [3.05, 3.63) is 65.3 Å². The molecule has 0 spiro atoms. The highest BCUT2D eigenvalue weighted by Crippen LogP contribution is 2.52. The lowest BCUT2D eigenvalue weighted by Gasteiger charge is -2.33. The number of morpholine rings is 1. The molecule has 2 aromatic rings. The van der Waals surface area contributed by atoms with Crippen LogP contribution < -0.4 is 9.64 Å². The first-order chi connectivity index (χ1) is 17.0. The van der Waals surface area contributed by atoms with Crippen molar-refractivity contribution in [1.29, 1.82) is 0 Å². The maximum atomic E-state index is 12.9. The highest BCUT2D eigenvalue weighted by atomic mass is 32.9. The molecule has 180 valence electrons. The molecule has 13 heteroatoms. The molecule has 4 aliphatic rings. The van der Waals surface area contributed by atoms with E-state index in [0.717, 1.165) is 32.3 Å². The van der Waals surface area contributed by atoms with Crippen LogP contribution in [-0.4, -0.2) is 65.2 Å². The van der Waals surface area contributed by atoms with Crippen molar-refractivity contribution in [3.63, 3.8) is 0 Å². The first kappa shape index (κ1) is 23.8. The molecule has 5 heterocycles. The fraction of sp³-hybridized carbons (Fsp3) is 0.273. The zero-order valence-corrected chi connectivity index (χ0v) is 23.0. The number of carbonyl (C=O) groups is 2. The van der Waals surface area contributed by atoms with Crippen LogP contribution in [0.2, 0.25) is 0 Å². The smallest absolute Gasteiger partial charge is 0.267 e. The lowest BCUT2D eigenvalue weighted by molar-refractivity contribution is 0.0578. The Hall–Kier alpha value is -1.61. The van der Waals surface area contributed by atoms with Crippen molar-refractivity contribution in [2.24, 2.45) is 0 Å². The first-order valence-corrected chi connectivity index (χ1v) is 15.8. The minimum atomic E-state index is -0.301. The maximum absolute atomic E-state index is 12.9. The quantitative estimate of drug-likeness (QED) is 0.224. The van der Waals surface area contributed by atoms with E-state index < -0.39 is 0 Å². The molecule has 0 atom stereocenters. The average molecular weight is 580 g/mol. The topological polar surface area (TPSA) is 70.2 Å². The SMILES string of the molecule is O=C1c2ccccc2C(=O)N1CCN1/C(=C2/SC=C(N3CCOCC3)S2)C(=S)Sc2ssc(=O)c21. The number of thioether (sulfide) groups is 3. The first-order valence-electron chi connectivity index (χ1n) is 10.7. The van der Waals surface area contributed by atoms with Gasteiger partial charge in [-0.05, 0) is 22.5 Å². The van der Waals surface area contributed by atoms with E-state index in [-0.39, 0.29) is 23.1 Å². The van der Waals surface area contributed by atoms with Gasteiger partial charge in [-0.2, -0.15) is 0 Å². The van der Waals surface area contributed by atoms with Gasteiger partial charge in [-0.15, -0.1) is 0 Å². The largest absolute Gasteiger partial charge is 0.378 e. The van der Waals surface area contributed by atoms with Crippen LogP contribution in [-0.2, 0) is 4.74 Å². The number of nitrogens with zero attached hydrogens (tertiary/aromatic N) is 3. The summed E-state index contributed by atoms with van der Waals surface area (Å²) in [6.07, 6.45) is 0. The number of amides is 2. The summed E-state index contributed by atoms with van der Waals surface area (Å²) in [5, 5.41) is 3.27. The Morgan fingerprint density at radius 2 is 1.60 bits per heavy atom. The van der Waals surface area contributed by atoms with Gasteiger partial charge in [0.25, 0.3) is 16.6 Å². The third-order valence-corrected chi connectivity index (χ3v) is 12.3. The summed E-state index contributed by atoms with van der Waals surface area (Å²) < 4.78 is 8.02. The van der Waals surface area contributed by atoms with Crippen molar-refractivity contribution < 1.29 is 14.3 Å². The van der Waals surface area contributed by atoms with Crippen LogP contribution in [0.15, 0.2) is 53.6 Å². The summed E-state index contributed by atoms with van der Waals surface area (Å²) in [4.78, 5) is 44.2. The Bertz CT molecular complexity index is 1340. The molecule has 1 aromatic carbocycles. The molecule has 6 rings (SSSR count). The molecule has 4 aliphatic heterocycles. The second kappa shape index (κ2) is 9.69. The minimum Gasteiger partial charge on any atom is -0.378 e. The lowest BCUT2D eigenvalue weighted by Crippen LogP contribution is -2.41. The molecule has 0 saturated carbocycles. The van der Waals surface area contributed by atoms with Gasteiger partial charge >= 0.3 is 0 Å². The van der Waals surface area contributed by atoms with Gasteiger partial charge in [-0.3, -0.25) is 19.3 Å². The zero-order chi connectivity index (χ0) is 24.1. The second-order valence-electron chi connectivity index (χ2n) is 7.85. The number of imide groups is 1. The van der Waals surface area contributed by atoms with Crippen LogP contribution in [0.5, 0.6) is 0 Å². The van der Waals surface area contributed by atoms with Crippen LogP contribution in [0.4, 0.5) is 5.69 Å². The zero-order valence-electron chi connectivity index (χ0n) is 18.1. The second-order valence-corrected chi connectivity index (χ2v) is 14.1. The average Bonchev–Trinajstić information content (AvgIpc) is 3.56. The minimum absolute atomic E-state index is 0.0326. The van der Waals surface area contributed by atoms with E-state index in [1.54, 1.807) is 47.8 Å². The van der Waals surface area contributed by atoms with Gasteiger partial charge in [0.05, 0.1) is 39.3 Å². The Morgan fingerprint density at radius 3 is 2.31 bits per heavy atom. The van der Waals surface area contributed by atoms with Gasteiger partial charge in [-0.25, -0.2) is 0 Å². The number of thiocarbonyl (C=S) groups is 1. The molecular weight excluding hydrogens is 563 g/mol. The number of rotatable bonds is 4. The van der Waals surface area contributed by atoms with Gasteiger partial charge in [0.2, 0.25) is 0 Å². The molecule has 0 unspecified atom stereocenters. The van der Waals surface area contributed by atoms with E-state index in [0.29, 0.717) is 40.8 Å². The standard InChI is InChI=1S/C22H17N3O4S6/c26-17-12-3-1-2-4-13(12)18(27)25(17)6-5-24-15-19(28)34-35-22(15)33-20(30)16(24)21-31-11-14(32-21)23-7-9-29-10-8-23/h1-4,11H,5-10H2/b21-16-. The molecule has 7 nitrogen and oxygen atoms in total. The third-order valence-electron chi connectivity index (χ3n) is 5.90. The fourth-order valence-electron chi connectivity index (χ4n) is 4.21. The Kier molecular flexibility index (Phi) is 6.58. The van der Waals surface area contributed by atoms with Crippen LogP contribution in [0, 0.1) is 0 Å². The van der Waals surface area contributed by atoms with E-state index in [1.165, 1.54) is 37.3 Å². The highest BCUT2D eigenvalue weighted by molar-refractivity contribution is 8.29. The van der Waals surface area contributed by atoms with Crippen molar-refractivity contribution in [1.82, 2.24) is 9.80 Å². The molecule has 0 radical (unpaired) electrons. The molecule has 2 amide bonds. The number of anilines is 1. The number of ether oxygens (including phenoxy) is 1. The normalized spacial score (nSPS) is 22.1. The summed E-state index contributed by atoms with van der Waals surface area (Å²) in [6.45, 7) is 3.54. The van der Waals surface area contributed by atoms with E-state index in [1.807, 2.05) is 4.90 Å². The van der Waals surface area contributed by atoms with E-state index in [9.17, 15) is 14.4 Å². The Balaban J connectivity index is 1.30. The summed E-state index contributed by atoms with van der Waals surface area (Å²) in [5.41, 5.74) is 2.25. The monoisotopic (exact) mass is 579 g/mol. The molecule has 35 heavy (non-hydrogen) atoms. The third kappa shape index (κ3) is 4.20. The predicted molar refractivity (Wildman–Crippen MR) is 149 cm³/mol. The lowest BCUT2D eigenvalue weighted by atomic mass is 10.1. The predicted octanol–water partition coefficient (Wildman–Crippen LogP) is 4.49. The number of hydrogen-bond donors (Lipinski definition) is 0. The van der Waals surface area contributed by atoms with Gasteiger partial charge in [0, 0.05) is 31.6 Å². The Morgan fingerprint density at radius 1 is 0.914 bits per heavy atom. The van der Waals surface area contributed by atoms with Crippen LogP contribution in [0.1, 0.15) is 20.7 Å². The van der Waals surface area contributed by atoms with Crippen molar-refractivity contribution in [2.45, 2.75) is 4.21 Å². The van der Waals surface area contributed by atoms with E-state index in [2.05, 4.69) is 10.3 Å². The van der Waals surface area contributed by atoms with Gasteiger partial charge in [0.15, 0.2) is 0 Å². The van der Waals surface area contributed by atoms with Crippen LogP contribution >= 0.6 is 68.2 Å². The molecule has 1 aromatic heterocycles. The van der Waals surface area contributed by atoms with Crippen LogP contribution in [0.25, 0.3) is 0 Å². The molecule has 1 fully saturated rings.